The molecule has 1 aromatic rings. The average molecular weight is 471 g/mol. The van der Waals surface area contributed by atoms with Gasteiger partial charge in [0.05, 0.1) is 6.33 Å². The van der Waals surface area contributed by atoms with E-state index >= 15 is 0 Å². The number of nitrogens with one attached hydrogen (secondary N) is 1. The number of aromatic nitrogens is 2. The Hall–Kier alpha value is -2.96. The number of nitrogens with zero attached hydrogens (tertiary/aromatic N) is 3. The maximum absolute atomic E-state index is 12.3. The highest BCUT2D eigenvalue weighted by molar-refractivity contribution is 5.99. The summed E-state index contributed by atoms with van der Waals surface area (Å²) in [4.78, 5) is 40.8. The SMILES string of the molecule is CNC(=O)c1c(N(C)C=O)ncn1C/C=C(\C)CC/C=C(\C)CCC/C(C)=C/C(=O)CC(C)C. The quantitative estimate of drug-likeness (QED) is 0.216. The van der Waals surface area contributed by atoms with Gasteiger partial charge < -0.3 is 14.8 Å². The molecule has 1 rings (SSSR count). The molecule has 0 aliphatic rings. The first kappa shape index (κ1) is 29.1. The van der Waals surface area contributed by atoms with Gasteiger partial charge in [0, 0.05) is 27.1 Å². The number of carbonyl (C=O) groups excluding carboxylic acids is 3. The molecule has 7 nitrogen and oxygen atoms in total. The van der Waals surface area contributed by atoms with Crippen molar-refractivity contribution in [2.45, 2.75) is 79.7 Å². The summed E-state index contributed by atoms with van der Waals surface area (Å²) in [6.07, 6.45) is 13.9. The fourth-order valence-corrected chi connectivity index (χ4v) is 3.63. The van der Waals surface area contributed by atoms with Crippen LogP contribution < -0.4 is 10.2 Å². The molecule has 0 aromatic carbocycles. The number of ketones is 1. The van der Waals surface area contributed by atoms with E-state index in [1.165, 1.54) is 16.0 Å². The maximum atomic E-state index is 12.3. The average Bonchev–Trinajstić information content (AvgIpc) is 3.19. The Labute approximate surface area is 205 Å². The fraction of sp³-hybridized carbons (Fsp3) is 0.556. The molecule has 0 aliphatic heterocycles. The molecule has 7 heteroatoms. The van der Waals surface area contributed by atoms with Crippen molar-refractivity contribution in [3.05, 3.63) is 47.0 Å². The normalized spacial score (nSPS) is 12.8. The Kier molecular flexibility index (Phi) is 12.9. The van der Waals surface area contributed by atoms with E-state index in [-0.39, 0.29) is 11.7 Å². The summed E-state index contributed by atoms with van der Waals surface area (Å²) in [6, 6.07) is 0. The van der Waals surface area contributed by atoms with E-state index in [1.54, 1.807) is 25.0 Å². The van der Waals surface area contributed by atoms with Crippen LogP contribution in [0, 0.1) is 5.92 Å². The molecule has 0 bridgehead atoms. The van der Waals surface area contributed by atoms with Crippen molar-refractivity contribution in [2.24, 2.45) is 5.92 Å². The van der Waals surface area contributed by atoms with Crippen LogP contribution in [-0.4, -0.2) is 41.7 Å². The lowest BCUT2D eigenvalue weighted by molar-refractivity contribution is -0.115. The molecule has 2 amide bonds. The van der Waals surface area contributed by atoms with Gasteiger partial charge in [0.25, 0.3) is 5.91 Å². The molecule has 1 aromatic heterocycles. The van der Waals surface area contributed by atoms with Gasteiger partial charge in [-0.3, -0.25) is 14.4 Å². The van der Waals surface area contributed by atoms with Crippen LogP contribution in [0.4, 0.5) is 5.82 Å². The van der Waals surface area contributed by atoms with Gasteiger partial charge in [0.2, 0.25) is 6.41 Å². The van der Waals surface area contributed by atoms with Crippen LogP contribution in [0.25, 0.3) is 0 Å². The fourth-order valence-electron chi connectivity index (χ4n) is 3.63. The number of amides is 2. The molecule has 188 valence electrons. The molecule has 1 heterocycles. The minimum atomic E-state index is -0.278. The summed E-state index contributed by atoms with van der Waals surface area (Å²) >= 11 is 0. The Balaban J connectivity index is 2.55. The third kappa shape index (κ3) is 10.3. The first-order valence-electron chi connectivity index (χ1n) is 12.1. The lowest BCUT2D eigenvalue weighted by Gasteiger charge is -2.11. The predicted octanol–water partition coefficient (Wildman–Crippen LogP) is 5.24. The number of hydrogen-bond donors (Lipinski definition) is 1. The third-order valence-electron chi connectivity index (χ3n) is 5.58. The van der Waals surface area contributed by atoms with Gasteiger partial charge in [-0.2, -0.15) is 0 Å². The highest BCUT2D eigenvalue weighted by Crippen LogP contribution is 2.18. The summed E-state index contributed by atoms with van der Waals surface area (Å²) in [7, 11) is 3.13. The molecule has 0 aliphatic carbocycles. The zero-order chi connectivity index (χ0) is 25.7. The van der Waals surface area contributed by atoms with E-state index in [0.29, 0.717) is 36.8 Å². The number of carbonyl (C=O) groups is 3. The van der Waals surface area contributed by atoms with Gasteiger partial charge in [-0.15, -0.1) is 0 Å². The maximum Gasteiger partial charge on any atom is 0.271 e. The molecule has 0 radical (unpaired) electrons. The lowest BCUT2D eigenvalue weighted by Crippen LogP contribution is -2.25. The summed E-state index contributed by atoms with van der Waals surface area (Å²) in [5.74, 6) is 0.694. The van der Waals surface area contributed by atoms with E-state index in [2.05, 4.69) is 50.1 Å². The molecule has 0 fully saturated rings. The highest BCUT2D eigenvalue weighted by atomic mass is 16.2. The van der Waals surface area contributed by atoms with Crippen molar-refractivity contribution in [3.8, 4) is 0 Å². The van der Waals surface area contributed by atoms with Crippen LogP contribution in [0.5, 0.6) is 0 Å². The zero-order valence-corrected chi connectivity index (χ0v) is 22.0. The van der Waals surface area contributed by atoms with Crippen molar-refractivity contribution in [2.75, 3.05) is 19.0 Å². The summed E-state index contributed by atoms with van der Waals surface area (Å²) in [5.41, 5.74) is 4.13. The molecule has 0 unspecified atom stereocenters. The van der Waals surface area contributed by atoms with Crippen LogP contribution in [0.1, 0.15) is 83.6 Å². The van der Waals surface area contributed by atoms with Crippen molar-refractivity contribution >= 4 is 23.9 Å². The number of imidazole rings is 1. The zero-order valence-electron chi connectivity index (χ0n) is 22.0. The van der Waals surface area contributed by atoms with Gasteiger partial charge in [0.15, 0.2) is 17.3 Å². The smallest absolute Gasteiger partial charge is 0.271 e. The van der Waals surface area contributed by atoms with Crippen molar-refractivity contribution in [1.29, 1.82) is 0 Å². The van der Waals surface area contributed by atoms with Crippen LogP contribution in [0.2, 0.25) is 0 Å². The van der Waals surface area contributed by atoms with E-state index < -0.39 is 0 Å². The lowest BCUT2D eigenvalue weighted by atomic mass is 10.0. The van der Waals surface area contributed by atoms with E-state index in [0.717, 1.165) is 37.7 Å². The minimum Gasteiger partial charge on any atom is -0.354 e. The Morgan fingerprint density at radius 3 is 2.35 bits per heavy atom. The second kappa shape index (κ2) is 15.0. The number of hydrogen-bond acceptors (Lipinski definition) is 4. The molecule has 1 N–H and O–H groups in total. The Bertz CT molecular complexity index is 922. The topological polar surface area (TPSA) is 84.3 Å². The molecular weight excluding hydrogens is 428 g/mol. The number of allylic oxidation sites excluding steroid dienone is 6. The van der Waals surface area contributed by atoms with Crippen LogP contribution in [0.3, 0.4) is 0 Å². The standard InChI is InChI=1S/C27H42N4O3/c1-20(2)16-24(33)17-23(5)13-9-11-21(3)10-8-12-22(4)14-15-31-18-29-26(30(7)19-32)25(31)27(34)28-6/h10,14,17-20H,8-9,11-13,15-16H2,1-7H3,(H,28,34)/b21-10+,22-14+,23-17+. The van der Waals surface area contributed by atoms with Crippen LogP contribution >= 0.6 is 0 Å². The first-order chi connectivity index (χ1) is 16.1. The molecule has 0 atom stereocenters. The largest absolute Gasteiger partial charge is 0.354 e. The Morgan fingerprint density at radius 1 is 1.09 bits per heavy atom. The minimum absolute atomic E-state index is 0.229. The van der Waals surface area contributed by atoms with Gasteiger partial charge in [0.1, 0.15) is 0 Å². The van der Waals surface area contributed by atoms with Crippen LogP contribution in [-0.2, 0) is 16.1 Å². The molecule has 0 spiro atoms. The summed E-state index contributed by atoms with van der Waals surface area (Å²) in [6.45, 7) is 10.9. The van der Waals surface area contributed by atoms with Gasteiger partial charge in [-0.25, -0.2) is 4.98 Å². The molecular formula is C27H42N4O3. The van der Waals surface area contributed by atoms with Crippen molar-refractivity contribution in [1.82, 2.24) is 14.9 Å². The van der Waals surface area contributed by atoms with E-state index in [4.69, 9.17) is 0 Å². The monoisotopic (exact) mass is 470 g/mol. The van der Waals surface area contributed by atoms with E-state index in [9.17, 15) is 14.4 Å². The number of anilines is 1. The molecule has 0 saturated heterocycles. The van der Waals surface area contributed by atoms with Crippen molar-refractivity contribution in [3.63, 3.8) is 0 Å². The number of rotatable bonds is 15. The van der Waals surface area contributed by atoms with Crippen LogP contribution in [0.15, 0.2) is 41.3 Å². The highest BCUT2D eigenvalue weighted by Gasteiger charge is 2.20. The van der Waals surface area contributed by atoms with E-state index in [1.807, 2.05) is 13.0 Å². The molecule has 0 saturated carbocycles. The molecule has 34 heavy (non-hydrogen) atoms. The van der Waals surface area contributed by atoms with Gasteiger partial charge >= 0.3 is 0 Å². The van der Waals surface area contributed by atoms with Gasteiger partial charge in [-0.1, -0.05) is 42.7 Å². The second-order valence-corrected chi connectivity index (χ2v) is 9.41. The van der Waals surface area contributed by atoms with Gasteiger partial charge in [-0.05, 0) is 64.9 Å². The first-order valence-corrected chi connectivity index (χ1v) is 12.1. The predicted molar refractivity (Wildman–Crippen MR) is 139 cm³/mol. The Morgan fingerprint density at radius 2 is 1.74 bits per heavy atom. The van der Waals surface area contributed by atoms with Crippen molar-refractivity contribution < 1.29 is 14.4 Å². The second-order valence-electron chi connectivity index (χ2n) is 9.41. The summed E-state index contributed by atoms with van der Waals surface area (Å²) in [5, 5.41) is 2.61. The third-order valence-corrected chi connectivity index (χ3v) is 5.58. The summed E-state index contributed by atoms with van der Waals surface area (Å²) < 4.78 is 1.75.